The number of likely N-dealkylation sites (tertiary alicyclic amines) is 1. The van der Waals surface area contributed by atoms with E-state index < -0.39 is 28.1 Å². The smallest absolute Gasteiger partial charge is 0.253 e. The number of rotatable bonds is 9. The van der Waals surface area contributed by atoms with Gasteiger partial charge < -0.3 is 24.2 Å². The molecule has 2 aliphatic heterocycles. The zero-order valence-electron chi connectivity index (χ0n) is 22.4. The Balaban J connectivity index is 1.45. The summed E-state index contributed by atoms with van der Waals surface area (Å²) in [6.45, 7) is 3.03. The quantitative estimate of drug-likeness (QED) is 0.371. The molecule has 2 aliphatic rings. The summed E-state index contributed by atoms with van der Waals surface area (Å²) < 4.78 is 41.7. The van der Waals surface area contributed by atoms with E-state index in [1.54, 1.807) is 35.2 Å². The number of thiophene rings is 1. The molecular formula is C27H31ClN4O7S2. The van der Waals surface area contributed by atoms with Crippen molar-refractivity contribution in [3.8, 4) is 10.6 Å². The van der Waals surface area contributed by atoms with Crippen molar-refractivity contribution in [3.63, 3.8) is 0 Å². The number of hydrogen-bond acceptors (Lipinski definition) is 9. The first kappa shape index (κ1) is 29.7. The molecule has 2 fully saturated rings. The average Bonchev–Trinajstić information content (AvgIpc) is 3.61. The fraction of sp³-hybridized carbons (Fsp3) is 0.444. The third-order valence-corrected chi connectivity index (χ3v) is 9.99. The Hall–Kier alpha value is -2.81. The van der Waals surface area contributed by atoms with Crippen LogP contribution >= 0.6 is 22.9 Å². The second kappa shape index (κ2) is 12.6. The first-order valence-corrected chi connectivity index (χ1v) is 16.0. The Kier molecular flexibility index (Phi) is 9.12. The molecule has 0 spiro atoms. The minimum atomic E-state index is -4.23. The molecule has 11 nitrogen and oxygen atoms in total. The van der Waals surface area contributed by atoms with Crippen molar-refractivity contribution in [3.05, 3.63) is 52.0 Å². The molecule has 4 heterocycles. The number of carbonyl (C=O) groups excluding carboxylic acids is 2. The number of aromatic nitrogens is 1. The molecule has 0 aliphatic carbocycles. The monoisotopic (exact) mass is 622 g/mol. The summed E-state index contributed by atoms with van der Waals surface area (Å²) in [5, 5.41) is 14.0. The maximum Gasteiger partial charge on any atom is 0.253 e. The van der Waals surface area contributed by atoms with Crippen LogP contribution in [0, 0.1) is 0 Å². The third-order valence-electron chi connectivity index (χ3n) is 7.19. The normalized spacial score (nSPS) is 17.7. The van der Waals surface area contributed by atoms with Gasteiger partial charge in [0.2, 0.25) is 15.9 Å². The Morgan fingerprint density at radius 3 is 2.71 bits per heavy atom. The number of hydrogen-bond donors (Lipinski definition) is 2. The summed E-state index contributed by atoms with van der Waals surface area (Å²) in [5.41, 5.74) is 1.37. The Bertz CT molecular complexity index is 1520. The van der Waals surface area contributed by atoms with E-state index in [9.17, 15) is 23.1 Å². The maximum absolute atomic E-state index is 13.9. The van der Waals surface area contributed by atoms with Gasteiger partial charge in [-0.25, -0.2) is 8.42 Å². The second-order valence-corrected chi connectivity index (χ2v) is 13.3. The number of aliphatic hydroxyl groups excluding tert-OH is 1. The lowest BCUT2D eigenvalue weighted by Crippen LogP contribution is -2.52. The van der Waals surface area contributed by atoms with Crippen LogP contribution in [0.4, 0.5) is 5.69 Å². The fourth-order valence-corrected chi connectivity index (χ4v) is 7.61. The van der Waals surface area contributed by atoms with Gasteiger partial charge in [-0.3, -0.25) is 9.59 Å². The molecule has 3 aromatic rings. The van der Waals surface area contributed by atoms with Gasteiger partial charge in [0.05, 0.1) is 32.5 Å². The lowest BCUT2D eigenvalue weighted by Gasteiger charge is -2.33. The molecule has 0 saturated carbocycles. The predicted molar refractivity (Wildman–Crippen MR) is 153 cm³/mol. The fourth-order valence-electron chi connectivity index (χ4n) is 5.10. The summed E-state index contributed by atoms with van der Waals surface area (Å²) in [5.74, 6) is -0.201. The summed E-state index contributed by atoms with van der Waals surface area (Å²) in [7, 11) is -4.23. The zero-order chi connectivity index (χ0) is 29.1. The second-order valence-electron chi connectivity index (χ2n) is 9.93. The van der Waals surface area contributed by atoms with E-state index in [-0.39, 0.29) is 23.8 Å². The number of amides is 2. The maximum atomic E-state index is 13.9. The Morgan fingerprint density at radius 1 is 1.24 bits per heavy atom. The van der Waals surface area contributed by atoms with E-state index in [4.69, 9.17) is 20.9 Å². The number of anilines is 1. The molecule has 1 atom stereocenters. The summed E-state index contributed by atoms with van der Waals surface area (Å²) in [6, 6.07) is 8.79. The molecule has 1 aromatic carbocycles. The molecule has 0 radical (unpaired) electrons. The van der Waals surface area contributed by atoms with Gasteiger partial charge in [-0.05, 0) is 49.1 Å². The third kappa shape index (κ3) is 6.65. The van der Waals surface area contributed by atoms with Crippen LogP contribution < -0.4 is 9.62 Å². The molecule has 5 rings (SSSR count). The largest absolute Gasteiger partial charge is 0.393 e. The van der Waals surface area contributed by atoms with Gasteiger partial charge in [0.15, 0.2) is 5.76 Å². The molecule has 2 aromatic heterocycles. The van der Waals surface area contributed by atoms with Crippen LogP contribution in [0.5, 0.6) is 0 Å². The van der Waals surface area contributed by atoms with Crippen molar-refractivity contribution in [1.29, 1.82) is 0 Å². The zero-order valence-corrected chi connectivity index (χ0v) is 24.8. The topological polar surface area (TPSA) is 142 Å². The van der Waals surface area contributed by atoms with Crippen molar-refractivity contribution in [2.75, 3.05) is 37.7 Å². The van der Waals surface area contributed by atoms with Crippen LogP contribution in [0.15, 0.2) is 45.8 Å². The van der Waals surface area contributed by atoms with Crippen LogP contribution in [-0.2, 0) is 37.2 Å². The lowest BCUT2D eigenvalue weighted by atomic mass is 10.1. The van der Waals surface area contributed by atoms with Gasteiger partial charge in [-0.2, -0.15) is 4.72 Å². The molecule has 0 bridgehead atoms. The van der Waals surface area contributed by atoms with E-state index in [1.165, 1.54) is 22.3 Å². The number of ether oxygens (including phenoxy) is 1. The van der Waals surface area contributed by atoms with E-state index in [1.807, 2.05) is 6.92 Å². The van der Waals surface area contributed by atoms with Crippen LogP contribution in [-0.4, -0.2) is 80.4 Å². The molecule has 220 valence electrons. The molecule has 2 N–H and O–H groups in total. The number of sulfonamides is 1. The molecule has 41 heavy (non-hydrogen) atoms. The number of nitrogens with one attached hydrogen (secondary N) is 1. The van der Waals surface area contributed by atoms with E-state index in [0.29, 0.717) is 72.5 Å². The lowest BCUT2D eigenvalue weighted by molar-refractivity contribution is -0.135. The van der Waals surface area contributed by atoms with Crippen molar-refractivity contribution >= 4 is 50.5 Å². The molecular weight excluding hydrogens is 592 g/mol. The van der Waals surface area contributed by atoms with Gasteiger partial charge >= 0.3 is 0 Å². The first-order chi connectivity index (χ1) is 19.7. The summed E-state index contributed by atoms with van der Waals surface area (Å²) in [4.78, 5) is 30.1. The summed E-state index contributed by atoms with van der Waals surface area (Å²) >= 11 is 7.36. The minimum absolute atomic E-state index is 0.00210. The number of aliphatic hydroxyl groups is 1. The molecule has 2 saturated heterocycles. The number of carbonyl (C=O) groups is 2. The van der Waals surface area contributed by atoms with Gasteiger partial charge in [-0.15, -0.1) is 11.3 Å². The minimum Gasteiger partial charge on any atom is -0.393 e. The molecule has 14 heteroatoms. The van der Waals surface area contributed by atoms with E-state index in [0.717, 1.165) is 4.88 Å². The van der Waals surface area contributed by atoms with E-state index >= 15 is 0 Å². The van der Waals surface area contributed by atoms with Crippen molar-refractivity contribution in [1.82, 2.24) is 14.8 Å². The van der Waals surface area contributed by atoms with Crippen molar-refractivity contribution in [2.24, 2.45) is 0 Å². The SMILES string of the molecule is CCc1c(N2CCOCC2=O)cccc1S(=O)(=O)N[C@@H](Cc1cc(-c2ccc(Cl)s2)on1)C(=O)N1CCC(O)CC1. The number of nitrogens with zero attached hydrogens (tertiary/aromatic N) is 3. The highest BCUT2D eigenvalue weighted by molar-refractivity contribution is 7.89. The van der Waals surface area contributed by atoms with E-state index in [2.05, 4.69) is 9.88 Å². The van der Waals surface area contributed by atoms with Crippen LogP contribution in [0.1, 0.15) is 31.0 Å². The number of benzene rings is 1. The van der Waals surface area contributed by atoms with Gasteiger partial charge in [-0.1, -0.05) is 29.7 Å². The standard InChI is InChI=1S/C27H31ClN4O7S2/c1-2-19-21(32-12-13-38-16-26(32)34)4-3-5-24(19)41(36,37)30-20(27(35)31-10-8-18(33)9-11-31)14-17-15-22(39-29-17)23-6-7-25(28)40-23/h3-7,15,18,20,30,33H,2,8-14,16H2,1H3/t20-/m0/s1. The number of halogens is 1. The number of morpholine rings is 1. The highest BCUT2D eigenvalue weighted by Crippen LogP contribution is 2.32. The molecule has 0 unspecified atom stereocenters. The predicted octanol–water partition coefficient (Wildman–Crippen LogP) is 2.86. The van der Waals surface area contributed by atoms with Gasteiger partial charge in [0.25, 0.3) is 5.91 Å². The van der Waals surface area contributed by atoms with Crippen LogP contribution in [0.25, 0.3) is 10.6 Å². The van der Waals surface area contributed by atoms with Crippen molar-refractivity contribution in [2.45, 2.75) is 49.6 Å². The highest BCUT2D eigenvalue weighted by Gasteiger charge is 2.34. The number of piperidine rings is 1. The highest BCUT2D eigenvalue weighted by atomic mass is 35.5. The molecule has 2 amide bonds. The Morgan fingerprint density at radius 2 is 2.02 bits per heavy atom. The summed E-state index contributed by atoms with van der Waals surface area (Å²) in [6.07, 6.45) is 0.614. The van der Waals surface area contributed by atoms with Gasteiger partial charge in [0, 0.05) is 37.8 Å². The van der Waals surface area contributed by atoms with Gasteiger partial charge in [0.1, 0.15) is 12.6 Å². The Labute approximate surface area is 247 Å². The average molecular weight is 623 g/mol. The first-order valence-electron chi connectivity index (χ1n) is 13.4. The van der Waals surface area contributed by atoms with Crippen LogP contribution in [0.2, 0.25) is 4.34 Å². The van der Waals surface area contributed by atoms with Crippen LogP contribution in [0.3, 0.4) is 0 Å². The van der Waals surface area contributed by atoms with Crippen molar-refractivity contribution < 1.29 is 32.4 Å².